The van der Waals surface area contributed by atoms with Crippen LogP contribution in [0, 0.1) is 49.1 Å². The number of amides is 1. The zero-order valence-electron chi connectivity index (χ0n) is 30.7. The van der Waals surface area contributed by atoms with Crippen LogP contribution in [0.2, 0.25) is 0 Å². The highest BCUT2D eigenvalue weighted by Crippen LogP contribution is 2.39. The topological polar surface area (TPSA) is 101 Å². The fourth-order valence-corrected chi connectivity index (χ4v) is 7.82. The molecule has 0 spiro atoms. The van der Waals surface area contributed by atoms with Crippen molar-refractivity contribution in [2.75, 3.05) is 19.8 Å². The number of hydrogen-bond acceptors (Lipinski definition) is 5. The van der Waals surface area contributed by atoms with Gasteiger partial charge in [0.25, 0.3) is 5.56 Å². The lowest BCUT2D eigenvalue weighted by molar-refractivity contribution is -0.139. The van der Waals surface area contributed by atoms with Gasteiger partial charge in [-0.15, -0.1) is 5.92 Å². The lowest BCUT2D eigenvalue weighted by atomic mass is 9.88. The highest BCUT2D eigenvalue weighted by atomic mass is 19.4. The van der Waals surface area contributed by atoms with E-state index < -0.39 is 70.7 Å². The normalized spacial score (nSPS) is 18.3. The van der Waals surface area contributed by atoms with Crippen LogP contribution in [0.4, 0.5) is 26.3 Å². The fraction of sp³-hybridized carbons (Fsp3) is 0.475. The fourth-order valence-electron chi connectivity index (χ4n) is 7.82. The molecule has 3 aromatic rings. The Morgan fingerprint density at radius 2 is 1.65 bits per heavy atom. The van der Waals surface area contributed by atoms with Gasteiger partial charge in [-0.2, -0.15) is 13.2 Å². The molecule has 0 aliphatic carbocycles. The molecular weight excluding hydrogens is 716 g/mol. The molecule has 2 bridgehead atoms. The Hall–Kier alpha value is -4.61. The number of rotatable bonds is 12. The van der Waals surface area contributed by atoms with E-state index in [1.807, 2.05) is 0 Å². The van der Waals surface area contributed by atoms with E-state index in [9.17, 15) is 37.1 Å². The van der Waals surface area contributed by atoms with Crippen molar-refractivity contribution in [2.24, 2.45) is 5.92 Å². The number of carboxylic acid groups (broad SMARTS) is 1. The number of aromatic nitrogens is 1. The zero-order valence-corrected chi connectivity index (χ0v) is 30.7. The van der Waals surface area contributed by atoms with Crippen LogP contribution in [0.5, 0.6) is 0 Å². The van der Waals surface area contributed by atoms with Gasteiger partial charge in [-0.1, -0.05) is 19.8 Å². The van der Waals surface area contributed by atoms with Crippen molar-refractivity contribution in [3.63, 3.8) is 0 Å². The molecule has 2 N–H and O–H groups in total. The molecule has 2 saturated heterocycles. The average molecular weight is 760 g/mol. The van der Waals surface area contributed by atoms with Gasteiger partial charge in [0.05, 0.1) is 31.2 Å². The second-order valence-corrected chi connectivity index (χ2v) is 14.5. The van der Waals surface area contributed by atoms with Gasteiger partial charge in [-0.3, -0.25) is 19.3 Å². The minimum Gasteiger partial charge on any atom is -0.481 e. The van der Waals surface area contributed by atoms with Gasteiger partial charge in [-0.25, -0.2) is 13.2 Å². The summed E-state index contributed by atoms with van der Waals surface area (Å²) in [5.41, 5.74) is -2.83. The molecule has 54 heavy (non-hydrogen) atoms. The second kappa shape index (κ2) is 16.4. The Labute approximate surface area is 309 Å². The number of carboxylic acids is 1. The smallest absolute Gasteiger partial charge is 0.416 e. The van der Waals surface area contributed by atoms with Crippen LogP contribution in [0.3, 0.4) is 0 Å². The summed E-state index contributed by atoms with van der Waals surface area (Å²) in [6, 6.07) is 0.480. The number of pyridine rings is 1. The first-order valence-electron chi connectivity index (χ1n) is 17.8. The molecule has 14 heteroatoms. The third kappa shape index (κ3) is 8.68. The van der Waals surface area contributed by atoms with Crippen LogP contribution >= 0.6 is 0 Å². The van der Waals surface area contributed by atoms with E-state index in [-0.39, 0.29) is 70.8 Å². The number of alkyl halides is 3. The molecule has 2 unspecified atom stereocenters. The van der Waals surface area contributed by atoms with Crippen LogP contribution in [0.25, 0.3) is 11.1 Å². The number of carbonyl (C=O) groups excluding carboxylic acids is 1. The molecular formula is C40H43F6N3O5. The van der Waals surface area contributed by atoms with Gasteiger partial charge in [0.1, 0.15) is 23.5 Å². The number of halogens is 6. The van der Waals surface area contributed by atoms with Crippen molar-refractivity contribution in [3.8, 4) is 23.0 Å². The van der Waals surface area contributed by atoms with Gasteiger partial charge < -0.3 is 19.7 Å². The number of hydrogen-bond donors (Lipinski definition) is 2. The quantitative estimate of drug-likeness (QED) is 0.149. The monoisotopic (exact) mass is 759 g/mol. The number of aliphatic carboxylic acids is 1. The maximum absolute atomic E-state index is 16.8. The minimum atomic E-state index is -4.87. The molecule has 8 nitrogen and oxygen atoms in total. The highest BCUT2D eigenvalue weighted by molar-refractivity contribution is 5.83. The van der Waals surface area contributed by atoms with Crippen LogP contribution in [-0.2, 0) is 26.9 Å². The summed E-state index contributed by atoms with van der Waals surface area (Å²) in [4.78, 5) is 41.8. The molecule has 3 heterocycles. The van der Waals surface area contributed by atoms with Crippen LogP contribution in [0.1, 0.15) is 91.9 Å². The Kier molecular flexibility index (Phi) is 12.3. The highest BCUT2D eigenvalue weighted by Gasteiger charge is 2.39. The first kappa shape index (κ1) is 40.6. The molecule has 0 saturated carbocycles. The number of ether oxygens (including phenoxy) is 1. The molecule has 2 aromatic carbocycles. The third-order valence-corrected chi connectivity index (χ3v) is 10.1. The molecule has 1 aromatic heterocycles. The van der Waals surface area contributed by atoms with E-state index in [4.69, 9.17) is 4.74 Å². The van der Waals surface area contributed by atoms with Gasteiger partial charge in [0.2, 0.25) is 5.91 Å². The zero-order chi connectivity index (χ0) is 39.6. The number of carbonyl (C=O) groups is 2. The Morgan fingerprint density at radius 1 is 1.02 bits per heavy atom. The van der Waals surface area contributed by atoms with E-state index >= 15 is 8.78 Å². The number of fused-ring (bicyclic) bond motifs is 2. The molecule has 5 rings (SSSR count). The first-order valence-corrected chi connectivity index (χ1v) is 17.8. The van der Waals surface area contributed by atoms with Gasteiger partial charge in [0, 0.05) is 47.6 Å². The largest absolute Gasteiger partial charge is 0.481 e. The number of nitrogens with zero attached hydrogens (tertiary/aromatic N) is 2. The van der Waals surface area contributed by atoms with Crippen LogP contribution in [0.15, 0.2) is 35.3 Å². The summed E-state index contributed by atoms with van der Waals surface area (Å²) in [6.45, 7) is 9.11. The van der Waals surface area contributed by atoms with E-state index in [0.29, 0.717) is 19.3 Å². The molecule has 2 fully saturated rings. The van der Waals surface area contributed by atoms with E-state index in [0.717, 1.165) is 41.8 Å². The van der Waals surface area contributed by atoms with Crippen molar-refractivity contribution >= 4 is 11.9 Å². The van der Waals surface area contributed by atoms with Crippen molar-refractivity contribution in [2.45, 2.75) is 97.1 Å². The SMILES string of the molecule is CC#Cc1cc(F)c([C@H](CC(=O)O)NC(=O)[C@H](CC(C)C)n2cc(CCN3C4CCC3COC4)c(C(F)(F)F)cc2=O)c(F)c1-c1c(C)cc(F)cc1C. The van der Waals surface area contributed by atoms with Crippen LogP contribution < -0.4 is 10.9 Å². The Morgan fingerprint density at radius 3 is 2.20 bits per heavy atom. The summed E-state index contributed by atoms with van der Waals surface area (Å²) in [5, 5.41) is 12.3. The van der Waals surface area contributed by atoms with Gasteiger partial charge in [0.15, 0.2) is 0 Å². The van der Waals surface area contributed by atoms with Crippen molar-refractivity contribution in [3.05, 3.63) is 91.6 Å². The Bertz CT molecular complexity index is 2010. The maximum Gasteiger partial charge on any atom is 0.416 e. The number of aryl methyl sites for hydroxylation is 2. The predicted molar refractivity (Wildman–Crippen MR) is 189 cm³/mol. The minimum absolute atomic E-state index is 0.0647. The molecule has 290 valence electrons. The summed E-state index contributed by atoms with van der Waals surface area (Å²) < 4.78 is 96.4. The lowest BCUT2D eigenvalue weighted by Crippen LogP contribution is -2.46. The molecule has 1 amide bonds. The van der Waals surface area contributed by atoms with Crippen molar-refractivity contribution < 1.29 is 45.8 Å². The predicted octanol–water partition coefficient (Wildman–Crippen LogP) is 7.26. The van der Waals surface area contributed by atoms with Crippen molar-refractivity contribution in [1.29, 1.82) is 0 Å². The summed E-state index contributed by atoms with van der Waals surface area (Å²) in [6.07, 6.45) is -3.32. The standard InChI is InChI=1S/C40H43F6N3O5/c1-6-7-24-15-30(42)37(38(43)36(24)35-22(4)13-26(41)14-23(35)5)31(17-34(51)52)47-39(53)32(12-21(2)3)49-18-25(29(16-33(49)50)40(44,45)46)10-11-48-27-8-9-28(48)20-54-19-27/h13-16,18,21,27-28,31-32H,8-12,17,19-20H2,1-5H3,(H,47,53)(H,51,52)/t27?,28?,31-,32-/m0/s1. The Balaban J connectivity index is 1.58. The van der Waals surface area contributed by atoms with E-state index in [1.54, 1.807) is 13.8 Å². The number of nitrogens with one attached hydrogen (secondary N) is 1. The molecule has 4 atom stereocenters. The maximum atomic E-state index is 16.8. The average Bonchev–Trinajstić information content (AvgIpc) is 3.27. The van der Waals surface area contributed by atoms with Crippen LogP contribution in [-0.4, -0.2) is 58.3 Å². The van der Waals surface area contributed by atoms with E-state index in [2.05, 4.69) is 22.1 Å². The molecule has 2 aliphatic rings. The van der Waals surface area contributed by atoms with E-state index in [1.165, 1.54) is 20.8 Å². The molecule has 2 aliphatic heterocycles. The lowest BCUT2D eigenvalue weighted by Gasteiger charge is -2.34. The first-order chi connectivity index (χ1) is 25.4. The number of morpholine rings is 1. The summed E-state index contributed by atoms with van der Waals surface area (Å²) >= 11 is 0. The summed E-state index contributed by atoms with van der Waals surface area (Å²) in [7, 11) is 0. The second-order valence-electron chi connectivity index (χ2n) is 14.5. The van der Waals surface area contributed by atoms with Gasteiger partial charge >= 0.3 is 12.1 Å². The van der Waals surface area contributed by atoms with Crippen molar-refractivity contribution in [1.82, 2.24) is 14.8 Å². The summed E-state index contributed by atoms with van der Waals surface area (Å²) in [5.74, 6) is -0.677. The molecule has 0 radical (unpaired) electrons. The van der Waals surface area contributed by atoms with Gasteiger partial charge in [-0.05, 0) is 92.8 Å². The third-order valence-electron chi connectivity index (χ3n) is 10.1. The number of benzene rings is 2.